The normalized spacial score (nSPS) is 16.3. The van der Waals surface area contributed by atoms with Gasteiger partial charge in [0, 0.05) is 6.16 Å². The van der Waals surface area contributed by atoms with Crippen LogP contribution < -0.4 is 0 Å². The predicted molar refractivity (Wildman–Crippen MR) is 122 cm³/mol. The van der Waals surface area contributed by atoms with E-state index in [0.29, 0.717) is 11.1 Å². The van der Waals surface area contributed by atoms with E-state index in [2.05, 4.69) is 6.58 Å². The van der Waals surface area contributed by atoms with Gasteiger partial charge in [0.15, 0.2) is 0 Å². The van der Waals surface area contributed by atoms with Crippen molar-refractivity contribution in [3.63, 3.8) is 0 Å². The first kappa shape index (κ1) is 22.0. The maximum Gasteiger partial charge on any atom is 0.315 e. The third-order valence-corrected chi connectivity index (χ3v) is 8.35. The number of benzene rings is 3. The minimum atomic E-state index is -3.93. The lowest BCUT2D eigenvalue weighted by Crippen LogP contribution is -2.46. The fraction of sp³-hybridized carbons (Fsp3) is 0.240. The minimum absolute atomic E-state index is 0.0772. The van der Waals surface area contributed by atoms with Gasteiger partial charge in [0.2, 0.25) is 7.37 Å². The first-order valence-corrected chi connectivity index (χ1v) is 12.0. The number of hydrogen-bond acceptors (Lipinski definition) is 2. The molecular formula is C25H27O4P. The van der Waals surface area contributed by atoms with Crippen molar-refractivity contribution in [2.45, 2.75) is 37.0 Å². The number of aliphatic carboxylic acids is 1. The number of carboxylic acids is 1. The Morgan fingerprint density at radius 3 is 2.33 bits per heavy atom. The van der Waals surface area contributed by atoms with Gasteiger partial charge in [0.25, 0.3) is 0 Å². The third-order valence-electron chi connectivity index (χ3n) is 5.91. The molecule has 4 nitrogen and oxygen atoms in total. The van der Waals surface area contributed by atoms with Crippen LogP contribution >= 0.6 is 7.37 Å². The molecular weight excluding hydrogens is 395 g/mol. The largest absolute Gasteiger partial charge is 0.481 e. The molecule has 0 radical (unpaired) electrons. The molecule has 0 bridgehead atoms. The summed E-state index contributed by atoms with van der Waals surface area (Å²) in [5.74, 6) is -1.09. The van der Waals surface area contributed by atoms with Crippen molar-refractivity contribution in [2.75, 3.05) is 0 Å². The molecule has 0 aromatic heterocycles. The number of carboxylic acid groups (broad SMARTS) is 1. The van der Waals surface area contributed by atoms with E-state index in [0.717, 1.165) is 10.8 Å². The summed E-state index contributed by atoms with van der Waals surface area (Å²) in [5.41, 5.74) is -1.24. The van der Waals surface area contributed by atoms with Crippen molar-refractivity contribution >= 4 is 24.1 Å². The first-order valence-electron chi connectivity index (χ1n) is 10.0. The van der Waals surface area contributed by atoms with E-state index in [1.165, 1.54) is 0 Å². The Hall–Kier alpha value is -2.68. The zero-order valence-corrected chi connectivity index (χ0v) is 18.0. The van der Waals surface area contributed by atoms with Crippen LogP contribution in [0, 0.1) is 0 Å². The van der Waals surface area contributed by atoms with Gasteiger partial charge in [-0.15, -0.1) is 6.58 Å². The zero-order valence-electron chi connectivity index (χ0n) is 17.1. The second-order valence-corrected chi connectivity index (χ2v) is 10.0. The first-order chi connectivity index (χ1) is 14.4. The van der Waals surface area contributed by atoms with Crippen LogP contribution in [0.1, 0.15) is 30.9 Å². The van der Waals surface area contributed by atoms with E-state index in [9.17, 15) is 19.4 Å². The number of hydrogen-bond donors (Lipinski definition) is 2. The number of rotatable bonds is 9. The molecule has 3 aromatic rings. The van der Waals surface area contributed by atoms with Crippen molar-refractivity contribution in [2.24, 2.45) is 0 Å². The molecule has 0 spiro atoms. The molecule has 3 atom stereocenters. The second kappa shape index (κ2) is 8.99. The quantitative estimate of drug-likeness (QED) is 0.328. The summed E-state index contributed by atoms with van der Waals surface area (Å²) in [6.07, 6.45) is 1.79. The average molecular weight is 422 g/mol. The SMILES string of the molecule is C=CCC(C(CC)(C(=O)O)c1cccc2ccccc12)P(=O)(O)Cc1ccccc1. The molecule has 30 heavy (non-hydrogen) atoms. The highest BCUT2D eigenvalue weighted by Crippen LogP contribution is 2.59. The Morgan fingerprint density at radius 2 is 1.70 bits per heavy atom. The van der Waals surface area contributed by atoms with E-state index in [1.807, 2.05) is 54.6 Å². The van der Waals surface area contributed by atoms with E-state index < -0.39 is 24.4 Å². The van der Waals surface area contributed by atoms with E-state index in [4.69, 9.17) is 0 Å². The van der Waals surface area contributed by atoms with Crippen LogP contribution in [-0.4, -0.2) is 21.6 Å². The molecule has 0 heterocycles. The predicted octanol–water partition coefficient (Wildman–Crippen LogP) is 5.99. The molecule has 2 N–H and O–H groups in total. The maximum absolute atomic E-state index is 13.7. The molecule has 5 heteroatoms. The maximum atomic E-state index is 13.7. The second-order valence-electron chi connectivity index (χ2n) is 7.60. The van der Waals surface area contributed by atoms with Crippen molar-refractivity contribution < 1.29 is 19.4 Å². The Kier molecular flexibility index (Phi) is 6.60. The molecule has 0 aliphatic heterocycles. The third kappa shape index (κ3) is 3.98. The highest BCUT2D eigenvalue weighted by molar-refractivity contribution is 7.58. The lowest BCUT2D eigenvalue weighted by Gasteiger charge is -2.39. The highest BCUT2D eigenvalue weighted by atomic mass is 31.2. The van der Waals surface area contributed by atoms with Gasteiger partial charge in [-0.2, -0.15) is 0 Å². The van der Waals surface area contributed by atoms with Gasteiger partial charge in [-0.1, -0.05) is 85.8 Å². The molecule has 3 unspecified atom stereocenters. The fourth-order valence-electron chi connectivity index (χ4n) is 4.45. The summed E-state index contributed by atoms with van der Waals surface area (Å²) in [5, 5.41) is 12.2. The average Bonchev–Trinajstić information content (AvgIpc) is 2.74. The Morgan fingerprint density at radius 1 is 1.07 bits per heavy atom. The standard InChI is InChI=1S/C25H27O4P/c1-3-11-23(30(28,29)18-19-12-6-5-7-13-19)25(4-2,24(26)27)22-17-10-15-20-14-8-9-16-21(20)22/h3,5-10,12-17,23H,1,4,11,18H2,2H3,(H,26,27)(H,28,29). The molecule has 156 valence electrons. The van der Waals surface area contributed by atoms with Gasteiger partial charge >= 0.3 is 5.97 Å². The Labute approximate surface area is 177 Å². The summed E-state index contributed by atoms with van der Waals surface area (Å²) >= 11 is 0. The van der Waals surface area contributed by atoms with Crippen LogP contribution in [0.4, 0.5) is 0 Å². The van der Waals surface area contributed by atoms with Crippen LogP contribution in [0.2, 0.25) is 0 Å². The highest BCUT2D eigenvalue weighted by Gasteiger charge is 2.53. The Bertz CT molecular complexity index is 1090. The zero-order chi connectivity index (χ0) is 21.8. The number of fused-ring (bicyclic) bond motifs is 1. The monoisotopic (exact) mass is 422 g/mol. The molecule has 0 saturated carbocycles. The van der Waals surface area contributed by atoms with E-state index >= 15 is 0 Å². The summed E-state index contributed by atoms with van der Waals surface area (Å²) in [7, 11) is -3.93. The Balaban J connectivity index is 2.24. The van der Waals surface area contributed by atoms with Gasteiger partial charge in [-0.05, 0) is 34.7 Å². The molecule has 3 rings (SSSR count). The summed E-state index contributed by atoms with van der Waals surface area (Å²) < 4.78 is 13.7. The van der Waals surface area contributed by atoms with Crippen molar-refractivity contribution in [1.82, 2.24) is 0 Å². The number of allylic oxidation sites excluding steroid dienone is 1. The molecule has 0 amide bonds. The van der Waals surface area contributed by atoms with Crippen molar-refractivity contribution in [3.8, 4) is 0 Å². The van der Waals surface area contributed by atoms with Crippen LogP contribution in [0.3, 0.4) is 0 Å². The molecule has 0 fully saturated rings. The fourth-order valence-corrected chi connectivity index (χ4v) is 7.01. The molecule has 0 saturated heterocycles. The van der Waals surface area contributed by atoms with Crippen molar-refractivity contribution in [3.05, 3.63) is 96.6 Å². The van der Waals surface area contributed by atoms with Crippen LogP contribution in [-0.2, 0) is 20.9 Å². The minimum Gasteiger partial charge on any atom is -0.481 e. The topological polar surface area (TPSA) is 74.6 Å². The smallest absolute Gasteiger partial charge is 0.315 e. The van der Waals surface area contributed by atoms with Gasteiger partial charge < -0.3 is 10.00 Å². The lowest BCUT2D eigenvalue weighted by molar-refractivity contribution is -0.144. The molecule has 3 aromatic carbocycles. The van der Waals surface area contributed by atoms with Crippen LogP contribution in [0.5, 0.6) is 0 Å². The van der Waals surface area contributed by atoms with Crippen LogP contribution in [0.25, 0.3) is 10.8 Å². The summed E-state index contributed by atoms with van der Waals surface area (Å²) in [6.45, 7) is 5.53. The van der Waals surface area contributed by atoms with Crippen LogP contribution in [0.15, 0.2) is 85.5 Å². The number of carbonyl (C=O) groups is 1. The summed E-state index contributed by atoms with van der Waals surface area (Å²) in [4.78, 5) is 24.1. The lowest BCUT2D eigenvalue weighted by atomic mass is 9.72. The van der Waals surface area contributed by atoms with E-state index in [-0.39, 0.29) is 19.0 Å². The van der Waals surface area contributed by atoms with Gasteiger partial charge in [-0.3, -0.25) is 9.36 Å². The van der Waals surface area contributed by atoms with Gasteiger partial charge in [0.05, 0.1) is 5.66 Å². The summed E-state index contributed by atoms with van der Waals surface area (Å²) in [6, 6.07) is 22.1. The van der Waals surface area contributed by atoms with Gasteiger partial charge in [0.1, 0.15) is 5.41 Å². The molecule has 0 aliphatic carbocycles. The van der Waals surface area contributed by atoms with Crippen molar-refractivity contribution in [1.29, 1.82) is 0 Å². The molecule has 0 aliphatic rings. The van der Waals surface area contributed by atoms with Gasteiger partial charge in [-0.25, -0.2) is 0 Å². The van der Waals surface area contributed by atoms with E-state index in [1.54, 1.807) is 31.2 Å².